The van der Waals surface area contributed by atoms with Crippen LogP contribution in [0.2, 0.25) is 5.02 Å². The maximum absolute atomic E-state index is 11.5. The molecule has 0 aliphatic heterocycles. The van der Waals surface area contributed by atoms with Gasteiger partial charge >= 0.3 is 0 Å². The number of hydrogen-bond acceptors (Lipinski definition) is 2. The lowest BCUT2D eigenvalue weighted by atomic mass is 10.3. The predicted molar refractivity (Wildman–Crippen MR) is 66.3 cm³/mol. The molecular formula is C10H12BrClN2O. The zero-order chi connectivity index (χ0) is 11.4. The number of nitrogens with zero attached hydrogens (tertiary/aromatic N) is 1. The van der Waals surface area contributed by atoms with E-state index in [1.54, 1.807) is 23.1 Å². The van der Waals surface area contributed by atoms with Crippen LogP contribution >= 0.6 is 27.5 Å². The number of carbonyl (C=O) groups excluding carboxylic acids is 1. The fourth-order valence-electron chi connectivity index (χ4n) is 1.08. The van der Waals surface area contributed by atoms with Gasteiger partial charge in [0, 0.05) is 0 Å². The second kappa shape index (κ2) is 5.49. The summed E-state index contributed by atoms with van der Waals surface area (Å²) < 4.78 is 0.707. The number of halogens is 2. The zero-order valence-electron chi connectivity index (χ0n) is 8.55. The van der Waals surface area contributed by atoms with Crippen molar-refractivity contribution >= 4 is 39.1 Å². The Morgan fingerprint density at radius 2 is 2.20 bits per heavy atom. The van der Waals surface area contributed by atoms with Crippen LogP contribution in [-0.4, -0.2) is 31.4 Å². The van der Waals surface area contributed by atoms with Crippen LogP contribution in [0.5, 0.6) is 0 Å². The van der Waals surface area contributed by atoms with Crippen LogP contribution in [0.4, 0.5) is 5.69 Å². The number of nitrogens with one attached hydrogen (secondary N) is 1. The molecule has 0 spiro atoms. The lowest BCUT2D eigenvalue weighted by Crippen LogP contribution is -2.27. The summed E-state index contributed by atoms with van der Waals surface area (Å²) in [5.41, 5.74) is 0.689. The molecule has 3 nitrogen and oxygen atoms in total. The highest BCUT2D eigenvalue weighted by molar-refractivity contribution is 9.10. The van der Waals surface area contributed by atoms with Crippen LogP contribution < -0.4 is 5.32 Å². The van der Waals surface area contributed by atoms with E-state index >= 15 is 0 Å². The number of rotatable bonds is 3. The molecule has 1 aromatic carbocycles. The number of benzene rings is 1. The van der Waals surface area contributed by atoms with E-state index in [-0.39, 0.29) is 5.91 Å². The summed E-state index contributed by atoms with van der Waals surface area (Å²) in [5.74, 6) is -0.0667. The molecule has 5 heteroatoms. The Bertz CT molecular complexity index is 368. The van der Waals surface area contributed by atoms with Crippen molar-refractivity contribution in [1.29, 1.82) is 0 Å². The molecule has 0 saturated carbocycles. The quantitative estimate of drug-likeness (QED) is 0.928. The van der Waals surface area contributed by atoms with Gasteiger partial charge in [-0.25, -0.2) is 0 Å². The molecule has 0 saturated heterocycles. The molecule has 0 bridgehead atoms. The van der Waals surface area contributed by atoms with Gasteiger partial charge in [0.1, 0.15) is 0 Å². The van der Waals surface area contributed by atoms with Crippen LogP contribution in [0.25, 0.3) is 0 Å². The van der Waals surface area contributed by atoms with Gasteiger partial charge in [0.15, 0.2) is 0 Å². The molecule has 0 atom stereocenters. The molecule has 1 aromatic rings. The molecule has 82 valence electrons. The minimum absolute atomic E-state index is 0.0667. The topological polar surface area (TPSA) is 32.3 Å². The number of likely N-dealkylation sites (N-methyl/N-ethyl adjacent to an activating group) is 1. The first-order valence-corrected chi connectivity index (χ1v) is 5.56. The van der Waals surface area contributed by atoms with Crippen molar-refractivity contribution in [3.05, 3.63) is 27.7 Å². The predicted octanol–water partition coefficient (Wildman–Crippen LogP) is 2.60. The average molecular weight is 292 g/mol. The number of carbonyl (C=O) groups is 1. The van der Waals surface area contributed by atoms with Crippen molar-refractivity contribution in [1.82, 2.24) is 4.90 Å². The maximum Gasteiger partial charge on any atom is 0.238 e. The normalized spacial score (nSPS) is 10.5. The first kappa shape index (κ1) is 12.5. The van der Waals surface area contributed by atoms with Crippen LogP contribution in [0.1, 0.15) is 0 Å². The molecule has 0 unspecified atom stereocenters. The fraction of sp³-hybridized carbons (Fsp3) is 0.300. The molecule has 0 aromatic heterocycles. The Kier molecular flexibility index (Phi) is 4.57. The van der Waals surface area contributed by atoms with E-state index in [0.29, 0.717) is 21.7 Å². The molecule has 1 amide bonds. The molecule has 0 fully saturated rings. The summed E-state index contributed by atoms with van der Waals surface area (Å²) >= 11 is 9.21. The van der Waals surface area contributed by atoms with Gasteiger partial charge in [-0.2, -0.15) is 0 Å². The highest BCUT2D eigenvalue weighted by Crippen LogP contribution is 2.29. The third-order valence-electron chi connectivity index (χ3n) is 1.69. The second-order valence-electron chi connectivity index (χ2n) is 3.39. The van der Waals surface area contributed by atoms with E-state index in [2.05, 4.69) is 21.2 Å². The number of amides is 1. The van der Waals surface area contributed by atoms with Gasteiger partial charge in [-0.1, -0.05) is 17.7 Å². The number of anilines is 1. The van der Waals surface area contributed by atoms with E-state index in [1.165, 1.54) is 0 Å². The van der Waals surface area contributed by atoms with E-state index in [1.807, 2.05) is 14.1 Å². The maximum atomic E-state index is 11.5. The van der Waals surface area contributed by atoms with Crippen LogP contribution in [0.15, 0.2) is 22.7 Å². The third-order valence-corrected chi connectivity index (χ3v) is 3.08. The first-order chi connectivity index (χ1) is 7.00. The monoisotopic (exact) mass is 290 g/mol. The molecular weight excluding hydrogens is 279 g/mol. The van der Waals surface area contributed by atoms with E-state index < -0.39 is 0 Å². The molecule has 1 N–H and O–H groups in total. The van der Waals surface area contributed by atoms with Crippen molar-refractivity contribution in [2.45, 2.75) is 0 Å². The lowest BCUT2D eigenvalue weighted by molar-refractivity contribution is -0.116. The molecule has 0 heterocycles. The summed E-state index contributed by atoms with van der Waals surface area (Å²) in [6.45, 7) is 0.346. The van der Waals surface area contributed by atoms with Gasteiger partial charge < -0.3 is 10.2 Å². The standard InChI is InChI=1S/C10H12BrClN2O/c1-14(2)6-9(15)13-8-5-3-4-7(12)10(8)11/h3-5H,6H2,1-2H3,(H,13,15). The van der Waals surface area contributed by atoms with Crippen LogP contribution in [0, 0.1) is 0 Å². The number of hydrogen-bond donors (Lipinski definition) is 1. The largest absolute Gasteiger partial charge is 0.324 e. The summed E-state index contributed by atoms with van der Waals surface area (Å²) in [7, 11) is 3.68. The highest BCUT2D eigenvalue weighted by Gasteiger charge is 2.08. The molecule has 0 aliphatic rings. The zero-order valence-corrected chi connectivity index (χ0v) is 10.9. The van der Waals surface area contributed by atoms with E-state index in [9.17, 15) is 4.79 Å². The van der Waals surface area contributed by atoms with Gasteiger partial charge in [-0.15, -0.1) is 0 Å². The summed E-state index contributed by atoms with van der Waals surface area (Å²) in [6, 6.07) is 5.34. The molecule has 0 aliphatic carbocycles. The van der Waals surface area contributed by atoms with Gasteiger partial charge in [0.2, 0.25) is 5.91 Å². The highest BCUT2D eigenvalue weighted by atomic mass is 79.9. The van der Waals surface area contributed by atoms with Crippen molar-refractivity contribution < 1.29 is 4.79 Å². The Labute approximate surface area is 103 Å². The van der Waals surface area contributed by atoms with Gasteiger partial charge in [-0.3, -0.25) is 4.79 Å². The second-order valence-corrected chi connectivity index (χ2v) is 4.59. The average Bonchev–Trinajstić information content (AvgIpc) is 2.11. The van der Waals surface area contributed by atoms with Gasteiger partial charge in [0.05, 0.1) is 21.7 Å². The van der Waals surface area contributed by atoms with Crippen molar-refractivity contribution in [3.8, 4) is 0 Å². The Balaban J connectivity index is 2.73. The summed E-state index contributed by atoms with van der Waals surface area (Å²) in [6.07, 6.45) is 0. The van der Waals surface area contributed by atoms with E-state index in [0.717, 1.165) is 0 Å². The van der Waals surface area contributed by atoms with Crippen LogP contribution in [-0.2, 0) is 4.79 Å². The minimum atomic E-state index is -0.0667. The van der Waals surface area contributed by atoms with E-state index in [4.69, 9.17) is 11.6 Å². The Morgan fingerprint density at radius 3 is 2.80 bits per heavy atom. The SMILES string of the molecule is CN(C)CC(=O)Nc1cccc(Cl)c1Br. The third kappa shape index (κ3) is 3.81. The van der Waals surface area contributed by atoms with Gasteiger partial charge in [0.25, 0.3) is 0 Å². The Morgan fingerprint density at radius 1 is 1.53 bits per heavy atom. The molecule has 15 heavy (non-hydrogen) atoms. The first-order valence-electron chi connectivity index (χ1n) is 4.39. The summed E-state index contributed by atoms with van der Waals surface area (Å²) in [4.78, 5) is 13.3. The van der Waals surface area contributed by atoms with Gasteiger partial charge in [-0.05, 0) is 42.2 Å². The van der Waals surface area contributed by atoms with Crippen LogP contribution in [0.3, 0.4) is 0 Å². The van der Waals surface area contributed by atoms with Crippen molar-refractivity contribution in [2.75, 3.05) is 26.0 Å². The molecule has 0 radical (unpaired) electrons. The van der Waals surface area contributed by atoms with Crippen molar-refractivity contribution in [3.63, 3.8) is 0 Å². The van der Waals surface area contributed by atoms with Crippen molar-refractivity contribution in [2.24, 2.45) is 0 Å². The lowest BCUT2D eigenvalue weighted by Gasteiger charge is -2.11. The Hall–Kier alpha value is -0.580. The fourth-order valence-corrected chi connectivity index (χ4v) is 1.62. The smallest absolute Gasteiger partial charge is 0.238 e. The molecule has 1 rings (SSSR count). The minimum Gasteiger partial charge on any atom is -0.324 e. The summed E-state index contributed by atoms with van der Waals surface area (Å²) in [5, 5.41) is 3.35.